The lowest BCUT2D eigenvalue weighted by Gasteiger charge is -2.05. The molecule has 0 unspecified atom stereocenters. The summed E-state index contributed by atoms with van der Waals surface area (Å²) in [5.41, 5.74) is -0.205. The zero-order valence-corrected chi connectivity index (χ0v) is 10.7. The number of sulfone groups is 1. The standard InChI is InChI=1S/C9H12BrNO3S/c1-2-15(13,14)7-6-11-5-3-4-8(10)9(11)12/h3-5H,2,6-7H2,1H3. The molecule has 0 aliphatic heterocycles. The molecule has 0 saturated heterocycles. The van der Waals surface area contributed by atoms with Gasteiger partial charge in [0.05, 0.1) is 10.2 Å². The number of pyridine rings is 1. The van der Waals surface area contributed by atoms with Crippen LogP contribution in [-0.2, 0) is 16.4 Å². The van der Waals surface area contributed by atoms with Crippen molar-refractivity contribution in [3.05, 3.63) is 33.2 Å². The third-order valence-electron chi connectivity index (χ3n) is 2.06. The Balaban J connectivity index is 2.84. The molecule has 15 heavy (non-hydrogen) atoms. The minimum atomic E-state index is -3.02. The Labute approximate surface area is 97.0 Å². The van der Waals surface area contributed by atoms with E-state index < -0.39 is 9.84 Å². The summed E-state index contributed by atoms with van der Waals surface area (Å²) in [7, 11) is -3.02. The minimum absolute atomic E-state index is 0.000139. The zero-order chi connectivity index (χ0) is 11.5. The lowest BCUT2D eigenvalue weighted by Crippen LogP contribution is -2.24. The summed E-state index contributed by atoms with van der Waals surface area (Å²) in [6, 6.07) is 3.33. The molecule has 0 aliphatic rings. The second-order valence-electron chi connectivity index (χ2n) is 3.09. The van der Waals surface area contributed by atoms with E-state index in [4.69, 9.17) is 0 Å². The van der Waals surface area contributed by atoms with Crippen LogP contribution in [0.2, 0.25) is 0 Å². The molecule has 0 atom stereocenters. The monoisotopic (exact) mass is 293 g/mol. The zero-order valence-electron chi connectivity index (χ0n) is 8.31. The largest absolute Gasteiger partial charge is 0.314 e. The second-order valence-corrected chi connectivity index (χ2v) is 6.42. The molecule has 0 bridgehead atoms. The first-order valence-corrected chi connectivity index (χ1v) is 7.13. The summed E-state index contributed by atoms with van der Waals surface area (Å²) in [5, 5.41) is 0. The van der Waals surface area contributed by atoms with Gasteiger partial charge in [-0.05, 0) is 28.1 Å². The summed E-state index contributed by atoms with van der Waals surface area (Å²) in [6.07, 6.45) is 1.58. The van der Waals surface area contributed by atoms with Crippen molar-refractivity contribution in [2.24, 2.45) is 0 Å². The summed E-state index contributed by atoms with van der Waals surface area (Å²) in [5.74, 6) is 0.107. The predicted molar refractivity (Wildman–Crippen MR) is 62.7 cm³/mol. The van der Waals surface area contributed by atoms with Crippen LogP contribution in [0.1, 0.15) is 6.92 Å². The molecule has 0 aliphatic carbocycles. The Morgan fingerprint density at radius 2 is 2.13 bits per heavy atom. The van der Waals surface area contributed by atoms with Gasteiger partial charge in [-0.3, -0.25) is 4.79 Å². The van der Waals surface area contributed by atoms with Crippen molar-refractivity contribution in [2.75, 3.05) is 11.5 Å². The quantitative estimate of drug-likeness (QED) is 0.834. The van der Waals surface area contributed by atoms with Gasteiger partial charge in [-0.1, -0.05) is 6.92 Å². The Morgan fingerprint density at radius 3 is 2.73 bits per heavy atom. The van der Waals surface area contributed by atoms with E-state index in [2.05, 4.69) is 15.9 Å². The second kappa shape index (κ2) is 4.94. The molecule has 1 rings (SSSR count). The predicted octanol–water partition coefficient (Wildman–Crippen LogP) is 1.05. The Bertz CT molecular complexity index is 492. The molecule has 0 aromatic carbocycles. The highest BCUT2D eigenvalue weighted by Gasteiger charge is 2.08. The van der Waals surface area contributed by atoms with E-state index in [1.165, 1.54) is 4.57 Å². The third kappa shape index (κ3) is 3.46. The highest BCUT2D eigenvalue weighted by Crippen LogP contribution is 2.01. The molecule has 0 radical (unpaired) electrons. The fourth-order valence-electron chi connectivity index (χ4n) is 1.07. The Hall–Kier alpha value is -0.620. The van der Waals surface area contributed by atoms with Crippen LogP contribution in [0, 0.1) is 0 Å². The molecule has 0 fully saturated rings. The fraction of sp³-hybridized carbons (Fsp3) is 0.444. The lowest BCUT2D eigenvalue weighted by atomic mass is 10.5. The van der Waals surface area contributed by atoms with Crippen LogP contribution >= 0.6 is 15.9 Å². The molecular formula is C9H12BrNO3S. The highest BCUT2D eigenvalue weighted by atomic mass is 79.9. The van der Waals surface area contributed by atoms with Crippen LogP contribution in [0.25, 0.3) is 0 Å². The van der Waals surface area contributed by atoms with Crippen molar-refractivity contribution in [1.29, 1.82) is 0 Å². The van der Waals surface area contributed by atoms with Gasteiger partial charge >= 0.3 is 0 Å². The first kappa shape index (κ1) is 12.4. The maximum atomic E-state index is 11.5. The molecule has 0 spiro atoms. The van der Waals surface area contributed by atoms with E-state index in [0.717, 1.165) is 0 Å². The van der Waals surface area contributed by atoms with E-state index in [1.54, 1.807) is 25.3 Å². The molecule has 1 aromatic rings. The summed E-state index contributed by atoms with van der Waals surface area (Å²) in [4.78, 5) is 11.5. The maximum absolute atomic E-state index is 11.5. The van der Waals surface area contributed by atoms with Gasteiger partial charge in [-0.15, -0.1) is 0 Å². The molecule has 0 N–H and O–H groups in total. The van der Waals surface area contributed by atoms with Crippen molar-refractivity contribution < 1.29 is 8.42 Å². The smallest absolute Gasteiger partial charge is 0.264 e. The van der Waals surface area contributed by atoms with Crippen molar-refractivity contribution in [3.63, 3.8) is 0 Å². The van der Waals surface area contributed by atoms with Crippen LogP contribution in [0.15, 0.2) is 27.6 Å². The topological polar surface area (TPSA) is 56.1 Å². The third-order valence-corrected chi connectivity index (χ3v) is 4.34. The molecule has 1 aromatic heterocycles. The van der Waals surface area contributed by atoms with E-state index in [9.17, 15) is 13.2 Å². The number of aromatic nitrogens is 1. The number of aryl methyl sites for hydroxylation is 1. The van der Waals surface area contributed by atoms with Gasteiger partial charge in [-0.25, -0.2) is 8.42 Å². The highest BCUT2D eigenvalue weighted by molar-refractivity contribution is 9.10. The number of hydrogen-bond acceptors (Lipinski definition) is 3. The van der Waals surface area contributed by atoms with Gasteiger partial charge in [0.2, 0.25) is 0 Å². The van der Waals surface area contributed by atoms with E-state index in [0.29, 0.717) is 4.47 Å². The first-order valence-electron chi connectivity index (χ1n) is 4.51. The van der Waals surface area contributed by atoms with Crippen molar-refractivity contribution in [2.45, 2.75) is 13.5 Å². The maximum Gasteiger partial charge on any atom is 0.264 e. The number of rotatable bonds is 4. The van der Waals surface area contributed by atoms with E-state index in [-0.39, 0.29) is 23.6 Å². The van der Waals surface area contributed by atoms with Crippen LogP contribution in [-0.4, -0.2) is 24.5 Å². The van der Waals surface area contributed by atoms with Crippen LogP contribution in [0.3, 0.4) is 0 Å². The average Bonchev–Trinajstić information content (AvgIpc) is 2.20. The summed E-state index contributed by atoms with van der Waals surface area (Å²) >= 11 is 3.10. The van der Waals surface area contributed by atoms with Gasteiger partial charge < -0.3 is 4.57 Å². The van der Waals surface area contributed by atoms with Crippen molar-refractivity contribution in [1.82, 2.24) is 4.57 Å². The van der Waals surface area contributed by atoms with E-state index in [1.807, 2.05) is 0 Å². The molecule has 0 amide bonds. The van der Waals surface area contributed by atoms with Crippen molar-refractivity contribution in [3.8, 4) is 0 Å². The van der Waals surface area contributed by atoms with Crippen LogP contribution in [0.4, 0.5) is 0 Å². The van der Waals surface area contributed by atoms with Gasteiger partial charge in [0.15, 0.2) is 9.84 Å². The van der Waals surface area contributed by atoms with Gasteiger partial charge in [0, 0.05) is 18.5 Å². The molecule has 4 nitrogen and oxygen atoms in total. The van der Waals surface area contributed by atoms with Crippen LogP contribution < -0.4 is 5.56 Å². The van der Waals surface area contributed by atoms with Gasteiger partial charge in [-0.2, -0.15) is 0 Å². The molecule has 6 heteroatoms. The van der Waals surface area contributed by atoms with Gasteiger partial charge in [0.25, 0.3) is 5.56 Å². The molecule has 0 saturated carbocycles. The Morgan fingerprint density at radius 1 is 1.47 bits per heavy atom. The summed E-state index contributed by atoms with van der Waals surface area (Å²) < 4.78 is 24.3. The SMILES string of the molecule is CCS(=O)(=O)CCn1cccc(Br)c1=O. The van der Waals surface area contributed by atoms with Crippen molar-refractivity contribution >= 4 is 25.8 Å². The number of halogens is 1. The van der Waals surface area contributed by atoms with Crippen LogP contribution in [0.5, 0.6) is 0 Å². The normalized spacial score (nSPS) is 11.6. The molecular weight excluding hydrogens is 282 g/mol. The average molecular weight is 294 g/mol. The minimum Gasteiger partial charge on any atom is -0.314 e. The first-order chi connectivity index (χ1) is 6.96. The number of nitrogens with zero attached hydrogens (tertiary/aromatic N) is 1. The molecule has 1 heterocycles. The summed E-state index contributed by atoms with van der Waals surface area (Å²) in [6.45, 7) is 1.80. The lowest BCUT2D eigenvalue weighted by molar-refractivity contribution is 0.588. The Kier molecular flexibility index (Phi) is 4.10. The van der Waals surface area contributed by atoms with Gasteiger partial charge in [0.1, 0.15) is 0 Å². The van der Waals surface area contributed by atoms with E-state index >= 15 is 0 Å². The molecule has 84 valence electrons. The fourth-order valence-corrected chi connectivity index (χ4v) is 2.21. The number of hydrogen-bond donors (Lipinski definition) is 0.